The number of nitrogens with zero attached hydrogens (tertiary/aromatic N) is 4. The SMILES string of the molecule is COc1ccc2c(c1)C(c1ccc(Cl)cc1)=NC(CC(=O)NCC(O)O)c1nnc(C)n1-2. The molecule has 1 amide bonds. The van der Waals surface area contributed by atoms with Crippen molar-refractivity contribution in [3.05, 3.63) is 70.3 Å². The topological polar surface area (TPSA) is 122 Å². The van der Waals surface area contributed by atoms with Crippen LogP contribution in [0.4, 0.5) is 0 Å². The number of fused-ring (bicyclic) bond motifs is 3. The highest BCUT2D eigenvalue weighted by molar-refractivity contribution is 6.30. The Kier molecular flexibility index (Phi) is 6.22. The zero-order chi connectivity index (χ0) is 22.8. The number of carbonyl (C=O) groups is 1. The summed E-state index contributed by atoms with van der Waals surface area (Å²) in [6.45, 7) is 1.56. The van der Waals surface area contributed by atoms with Crippen LogP contribution in [-0.4, -0.2) is 56.5 Å². The molecular formula is C22H22ClN5O4. The number of benzene rings is 2. The fraction of sp³-hybridized carbons (Fsp3) is 0.273. The van der Waals surface area contributed by atoms with Crippen molar-refractivity contribution in [2.24, 2.45) is 4.99 Å². The van der Waals surface area contributed by atoms with Gasteiger partial charge in [-0.15, -0.1) is 10.2 Å². The summed E-state index contributed by atoms with van der Waals surface area (Å²) in [4.78, 5) is 17.4. The highest BCUT2D eigenvalue weighted by Gasteiger charge is 2.30. The summed E-state index contributed by atoms with van der Waals surface area (Å²) in [6, 6.07) is 12.3. The van der Waals surface area contributed by atoms with Gasteiger partial charge in [0.1, 0.15) is 17.6 Å². The summed E-state index contributed by atoms with van der Waals surface area (Å²) in [5.74, 6) is 1.43. The second-order valence-corrected chi connectivity index (χ2v) is 7.75. The molecule has 166 valence electrons. The van der Waals surface area contributed by atoms with Crippen LogP contribution in [0.2, 0.25) is 5.02 Å². The first-order chi connectivity index (χ1) is 15.4. The first-order valence-electron chi connectivity index (χ1n) is 9.94. The van der Waals surface area contributed by atoms with Gasteiger partial charge in [0, 0.05) is 16.1 Å². The number of aliphatic hydroxyl groups excluding tert-OH is 1. The lowest BCUT2D eigenvalue weighted by Gasteiger charge is -2.14. The molecule has 4 rings (SSSR count). The van der Waals surface area contributed by atoms with E-state index in [2.05, 4.69) is 15.5 Å². The normalized spacial score (nSPS) is 14.9. The lowest BCUT2D eigenvalue weighted by Crippen LogP contribution is -2.32. The first kappa shape index (κ1) is 21.9. The zero-order valence-electron chi connectivity index (χ0n) is 17.5. The number of amides is 1. The highest BCUT2D eigenvalue weighted by Crippen LogP contribution is 2.34. The van der Waals surface area contributed by atoms with Crippen LogP contribution in [0.15, 0.2) is 47.5 Å². The van der Waals surface area contributed by atoms with Crippen LogP contribution in [0.5, 0.6) is 5.75 Å². The van der Waals surface area contributed by atoms with Crippen molar-refractivity contribution >= 4 is 23.2 Å². The minimum atomic E-state index is -1.64. The number of ether oxygens (including phenoxy) is 1. The van der Waals surface area contributed by atoms with Gasteiger partial charge in [-0.25, -0.2) is 0 Å². The van der Waals surface area contributed by atoms with Crippen LogP contribution in [-0.2, 0) is 4.79 Å². The number of halogens is 1. The molecule has 2 aromatic carbocycles. The average Bonchev–Trinajstić information content (AvgIpc) is 3.10. The summed E-state index contributed by atoms with van der Waals surface area (Å²) >= 11 is 6.09. The number of rotatable bonds is 6. The minimum absolute atomic E-state index is 0.0485. The molecule has 0 aliphatic carbocycles. The van der Waals surface area contributed by atoms with E-state index < -0.39 is 18.2 Å². The summed E-state index contributed by atoms with van der Waals surface area (Å²) < 4.78 is 7.32. The van der Waals surface area contributed by atoms with Gasteiger partial charge in [0.2, 0.25) is 5.91 Å². The maximum Gasteiger partial charge on any atom is 0.222 e. The van der Waals surface area contributed by atoms with E-state index in [4.69, 9.17) is 31.5 Å². The minimum Gasteiger partial charge on any atom is -0.497 e. The van der Waals surface area contributed by atoms with E-state index in [1.54, 1.807) is 19.2 Å². The van der Waals surface area contributed by atoms with Gasteiger partial charge >= 0.3 is 0 Å². The lowest BCUT2D eigenvalue weighted by molar-refractivity contribution is -0.123. The summed E-state index contributed by atoms with van der Waals surface area (Å²) in [5, 5.41) is 29.7. The molecule has 9 nitrogen and oxygen atoms in total. The van der Waals surface area contributed by atoms with E-state index in [-0.39, 0.29) is 13.0 Å². The number of carbonyl (C=O) groups excluding carboxylic acids is 1. The van der Waals surface area contributed by atoms with E-state index in [1.807, 2.05) is 41.8 Å². The maximum atomic E-state index is 12.5. The van der Waals surface area contributed by atoms with Crippen molar-refractivity contribution in [1.29, 1.82) is 0 Å². The molecule has 1 unspecified atom stereocenters. The molecular weight excluding hydrogens is 434 g/mol. The van der Waals surface area contributed by atoms with E-state index in [9.17, 15) is 4.79 Å². The molecule has 3 N–H and O–H groups in total. The van der Waals surface area contributed by atoms with Gasteiger partial charge in [0.25, 0.3) is 0 Å². The third-order valence-corrected chi connectivity index (χ3v) is 5.36. The standard InChI is InChI=1S/C22H22ClN5O4/c1-12-26-27-22-17(10-19(29)24-11-20(30)31)25-21(13-3-5-14(23)6-4-13)16-9-15(32-2)7-8-18(16)28(12)22/h3-9,17,20,30-31H,10-11H2,1-2H3,(H,24,29). The zero-order valence-corrected chi connectivity index (χ0v) is 18.2. The Morgan fingerprint density at radius 3 is 2.66 bits per heavy atom. The van der Waals surface area contributed by atoms with Gasteiger partial charge in [-0.3, -0.25) is 14.4 Å². The second kappa shape index (κ2) is 9.07. The number of aliphatic imine (C=N–C) groups is 1. The molecule has 0 bridgehead atoms. The maximum absolute atomic E-state index is 12.5. The quantitative estimate of drug-likeness (QED) is 0.488. The molecule has 0 saturated heterocycles. The van der Waals surface area contributed by atoms with E-state index in [0.717, 1.165) is 16.8 Å². The molecule has 2 heterocycles. The molecule has 10 heteroatoms. The van der Waals surface area contributed by atoms with Crippen LogP contribution in [0.3, 0.4) is 0 Å². The Balaban J connectivity index is 1.87. The molecule has 1 atom stereocenters. The number of aryl methyl sites for hydroxylation is 1. The Morgan fingerprint density at radius 2 is 1.97 bits per heavy atom. The van der Waals surface area contributed by atoms with Crippen molar-refractivity contribution in [2.45, 2.75) is 25.7 Å². The van der Waals surface area contributed by atoms with E-state index in [0.29, 0.717) is 28.1 Å². The summed E-state index contributed by atoms with van der Waals surface area (Å²) in [6.07, 6.45) is -1.68. The Labute approximate surface area is 189 Å². The van der Waals surface area contributed by atoms with Crippen LogP contribution < -0.4 is 10.1 Å². The third-order valence-electron chi connectivity index (χ3n) is 5.11. The predicted molar refractivity (Wildman–Crippen MR) is 118 cm³/mol. The molecule has 0 saturated carbocycles. The molecule has 0 spiro atoms. The Bertz CT molecular complexity index is 1170. The number of hydrogen-bond acceptors (Lipinski definition) is 7. The fourth-order valence-electron chi connectivity index (χ4n) is 3.63. The van der Waals surface area contributed by atoms with Gasteiger partial charge in [-0.1, -0.05) is 23.7 Å². The number of hydrogen-bond donors (Lipinski definition) is 3. The number of nitrogens with one attached hydrogen (secondary N) is 1. The second-order valence-electron chi connectivity index (χ2n) is 7.31. The molecule has 0 fully saturated rings. The molecule has 0 radical (unpaired) electrons. The summed E-state index contributed by atoms with van der Waals surface area (Å²) in [5.41, 5.74) is 3.08. The molecule has 1 aliphatic heterocycles. The predicted octanol–water partition coefficient (Wildman–Crippen LogP) is 1.95. The highest BCUT2D eigenvalue weighted by atomic mass is 35.5. The van der Waals surface area contributed by atoms with Crippen molar-refractivity contribution in [2.75, 3.05) is 13.7 Å². The van der Waals surface area contributed by atoms with Crippen LogP contribution in [0.25, 0.3) is 5.69 Å². The van der Waals surface area contributed by atoms with Crippen molar-refractivity contribution in [3.63, 3.8) is 0 Å². The van der Waals surface area contributed by atoms with Crippen molar-refractivity contribution in [1.82, 2.24) is 20.1 Å². The Hall–Kier alpha value is -3.27. The molecule has 1 aliphatic rings. The molecule has 3 aromatic rings. The smallest absolute Gasteiger partial charge is 0.222 e. The van der Waals surface area contributed by atoms with Gasteiger partial charge in [-0.05, 0) is 37.3 Å². The lowest BCUT2D eigenvalue weighted by atomic mass is 10.00. The van der Waals surface area contributed by atoms with Gasteiger partial charge < -0.3 is 20.3 Å². The van der Waals surface area contributed by atoms with Crippen LogP contribution in [0.1, 0.15) is 35.2 Å². The largest absolute Gasteiger partial charge is 0.497 e. The monoisotopic (exact) mass is 455 g/mol. The number of aliphatic hydroxyl groups is 2. The number of aromatic nitrogens is 3. The van der Waals surface area contributed by atoms with Gasteiger partial charge in [0.05, 0.1) is 31.5 Å². The first-order valence-corrected chi connectivity index (χ1v) is 10.3. The van der Waals surface area contributed by atoms with Crippen LogP contribution >= 0.6 is 11.6 Å². The van der Waals surface area contributed by atoms with Crippen molar-refractivity contribution < 1.29 is 19.7 Å². The molecule has 1 aromatic heterocycles. The van der Waals surface area contributed by atoms with E-state index in [1.165, 1.54) is 0 Å². The Morgan fingerprint density at radius 1 is 1.22 bits per heavy atom. The third kappa shape index (κ3) is 4.36. The summed E-state index contributed by atoms with van der Waals surface area (Å²) in [7, 11) is 1.59. The van der Waals surface area contributed by atoms with Gasteiger partial charge in [0.15, 0.2) is 12.1 Å². The van der Waals surface area contributed by atoms with Crippen molar-refractivity contribution in [3.8, 4) is 11.4 Å². The number of methoxy groups -OCH3 is 1. The van der Waals surface area contributed by atoms with E-state index >= 15 is 0 Å². The van der Waals surface area contributed by atoms with Crippen LogP contribution in [0, 0.1) is 6.92 Å². The average molecular weight is 456 g/mol. The fourth-order valence-corrected chi connectivity index (χ4v) is 3.76. The molecule has 32 heavy (non-hydrogen) atoms. The van der Waals surface area contributed by atoms with Gasteiger partial charge in [-0.2, -0.15) is 0 Å².